The maximum atomic E-state index is 9.67. The van der Waals surface area contributed by atoms with Crippen LogP contribution in [0.2, 0.25) is 0 Å². The summed E-state index contributed by atoms with van der Waals surface area (Å²) >= 11 is 6.78. The molecule has 5 heteroatoms. The highest BCUT2D eigenvalue weighted by molar-refractivity contribution is 9.11. The highest BCUT2D eigenvalue weighted by atomic mass is 79.9. The highest BCUT2D eigenvalue weighted by Crippen LogP contribution is 2.28. The molecule has 0 heterocycles. The van der Waals surface area contributed by atoms with E-state index in [0.29, 0.717) is 6.54 Å². The Morgan fingerprint density at radius 2 is 2.18 bits per heavy atom. The third-order valence-corrected chi connectivity index (χ3v) is 3.24. The largest absolute Gasteiger partial charge is 0.490 e. The molecule has 0 fully saturated rings. The maximum Gasteiger partial charge on any atom is 0.133 e. The third kappa shape index (κ3) is 5.86. The molecule has 1 aromatic carbocycles. The molecule has 3 nitrogen and oxygen atoms in total. The number of halogens is 2. The molecule has 1 unspecified atom stereocenters. The maximum absolute atomic E-state index is 9.67. The molecule has 17 heavy (non-hydrogen) atoms. The van der Waals surface area contributed by atoms with Gasteiger partial charge in [0.2, 0.25) is 0 Å². The first-order valence-electron chi connectivity index (χ1n) is 5.60. The van der Waals surface area contributed by atoms with Gasteiger partial charge in [-0.2, -0.15) is 0 Å². The second-order valence-corrected chi connectivity index (χ2v) is 5.51. The van der Waals surface area contributed by atoms with Crippen LogP contribution in [0.5, 0.6) is 5.75 Å². The van der Waals surface area contributed by atoms with Gasteiger partial charge in [0.15, 0.2) is 0 Å². The normalized spacial score (nSPS) is 12.5. The Labute approximate surface area is 119 Å². The van der Waals surface area contributed by atoms with E-state index in [1.807, 2.05) is 18.2 Å². The van der Waals surface area contributed by atoms with Crippen LogP contribution < -0.4 is 10.1 Å². The number of rotatable bonds is 7. The molecule has 0 saturated heterocycles. The quantitative estimate of drug-likeness (QED) is 0.729. The molecule has 0 bridgehead atoms. The Morgan fingerprint density at radius 1 is 1.41 bits per heavy atom. The van der Waals surface area contributed by atoms with Crippen molar-refractivity contribution < 1.29 is 9.84 Å². The molecule has 0 amide bonds. The molecular weight excluding hydrogens is 350 g/mol. The summed E-state index contributed by atoms with van der Waals surface area (Å²) in [4.78, 5) is 0. The average Bonchev–Trinajstić information content (AvgIpc) is 2.28. The topological polar surface area (TPSA) is 41.5 Å². The van der Waals surface area contributed by atoms with Gasteiger partial charge in [-0.3, -0.25) is 0 Å². The van der Waals surface area contributed by atoms with Crippen molar-refractivity contribution >= 4 is 31.9 Å². The predicted molar refractivity (Wildman–Crippen MR) is 76.5 cm³/mol. The van der Waals surface area contributed by atoms with Crippen molar-refractivity contribution in [2.24, 2.45) is 0 Å². The van der Waals surface area contributed by atoms with Crippen molar-refractivity contribution in [3.8, 4) is 5.75 Å². The molecule has 1 atom stereocenters. The second-order valence-electron chi connectivity index (χ2n) is 3.74. The van der Waals surface area contributed by atoms with Gasteiger partial charge < -0.3 is 15.2 Å². The van der Waals surface area contributed by atoms with Gasteiger partial charge in [-0.1, -0.05) is 22.9 Å². The van der Waals surface area contributed by atoms with Gasteiger partial charge in [0.1, 0.15) is 18.5 Å². The fourth-order valence-electron chi connectivity index (χ4n) is 1.28. The first kappa shape index (κ1) is 15.0. The molecule has 0 spiro atoms. The number of nitrogens with one attached hydrogen (secondary N) is 1. The first-order valence-corrected chi connectivity index (χ1v) is 7.18. The van der Waals surface area contributed by atoms with E-state index in [1.165, 1.54) is 0 Å². The summed E-state index contributed by atoms with van der Waals surface area (Å²) in [5.74, 6) is 0.739. The lowest BCUT2D eigenvalue weighted by molar-refractivity contribution is 0.106. The molecule has 2 N–H and O–H groups in total. The summed E-state index contributed by atoms with van der Waals surface area (Å²) in [6.07, 6.45) is 0.573. The van der Waals surface area contributed by atoms with Crippen LogP contribution in [0.25, 0.3) is 0 Å². The molecule has 0 aromatic heterocycles. The zero-order valence-corrected chi connectivity index (χ0v) is 12.9. The summed E-state index contributed by atoms with van der Waals surface area (Å²) in [6, 6.07) is 5.68. The van der Waals surface area contributed by atoms with Gasteiger partial charge in [-0.15, -0.1) is 0 Å². The van der Waals surface area contributed by atoms with Crippen LogP contribution in [-0.2, 0) is 0 Å². The van der Waals surface area contributed by atoms with Crippen molar-refractivity contribution in [1.29, 1.82) is 0 Å². The zero-order valence-electron chi connectivity index (χ0n) is 9.75. The second kappa shape index (κ2) is 8.08. The lowest BCUT2D eigenvalue weighted by Crippen LogP contribution is -2.31. The Hall–Kier alpha value is -0.100. The van der Waals surface area contributed by atoms with Gasteiger partial charge in [0.25, 0.3) is 0 Å². The molecule has 0 aliphatic heterocycles. The summed E-state index contributed by atoms with van der Waals surface area (Å²) in [6.45, 7) is 3.85. The van der Waals surface area contributed by atoms with E-state index < -0.39 is 6.10 Å². The van der Waals surface area contributed by atoms with E-state index >= 15 is 0 Å². The first-order chi connectivity index (χ1) is 8.13. The Morgan fingerprint density at radius 3 is 2.82 bits per heavy atom. The lowest BCUT2D eigenvalue weighted by atomic mass is 10.3. The van der Waals surface area contributed by atoms with Crippen LogP contribution in [-0.4, -0.2) is 30.9 Å². The molecule has 0 radical (unpaired) electrons. The van der Waals surface area contributed by atoms with Crippen LogP contribution in [0.4, 0.5) is 0 Å². The van der Waals surface area contributed by atoms with Crippen molar-refractivity contribution in [1.82, 2.24) is 5.32 Å². The highest BCUT2D eigenvalue weighted by Gasteiger charge is 2.06. The number of hydrogen-bond acceptors (Lipinski definition) is 3. The van der Waals surface area contributed by atoms with E-state index in [0.717, 1.165) is 27.7 Å². The zero-order chi connectivity index (χ0) is 12.7. The number of hydrogen-bond donors (Lipinski definition) is 2. The van der Waals surface area contributed by atoms with E-state index in [2.05, 4.69) is 44.1 Å². The van der Waals surface area contributed by atoms with Crippen LogP contribution in [0, 0.1) is 0 Å². The lowest BCUT2D eigenvalue weighted by Gasteiger charge is -2.14. The number of aliphatic hydroxyl groups is 1. The van der Waals surface area contributed by atoms with Crippen molar-refractivity contribution in [2.45, 2.75) is 19.4 Å². The monoisotopic (exact) mass is 365 g/mol. The van der Waals surface area contributed by atoms with Gasteiger partial charge in [-0.05, 0) is 47.1 Å². The average molecular weight is 367 g/mol. The molecular formula is C12H17Br2NO2. The number of benzene rings is 1. The third-order valence-electron chi connectivity index (χ3n) is 2.13. The minimum atomic E-state index is -0.489. The van der Waals surface area contributed by atoms with Crippen LogP contribution in [0.3, 0.4) is 0 Å². The molecule has 0 aliphatic carbocycles. The Kier molecular flexibility index (Phi) is 7.11. The van der Waals surface area contributed by atoms with Crippen LogP contribution >= 0.6 is 31.9 Å². The van der Waals surface area contributed by atoms with E-state index in [1.54, 1.807) is 0 Å². The van der Waals surface area contributed by atoms with Crippen molar-refractivity contribution in [3.05, 3.63) is 27.1 Å². The molecule has 0 aliphatic rings. The molecule has 1 rings (SSSR count). The predicted octanol–water partition coefficient (Wildman–Crippen LogP) is 2.95. The van der Waals surface area contributed by atoms with E-state index in [9.17, 15) is 5.11 Å². The molecule has 96 valence electrons. The Balaban J connectivity index is 2.34. The molecule has 1 aromatic rings. The Bertz CT molecular complexity index is 347. The van der Waals surface area contributed by atoms with E-state index in [-0.39, 0.29) is 6.61 Å². The summed E-state index contributed by atoms with van der Waals surface area (Å²) < 4.78 is 7.39. The van der Waals surface area contributed by atoms with Crippen LogP contribution in [0.15, 0.2) is 27.1 Å². The summed E-state index contributed by atoms with van der Waals surface area (Å²) in [5.41, 5.74) is 0. The smallest absolute Gasteiger partial charge is 0.133 e. The standard InChI is InChI=1S/C12H17Br2NO2/c1-2-5-15-7-10(16)8-17-12-4-3-9(13)6-11(12)14/h3-4,6,10,15-16H,2,5,7-8H2,1H3. The van der Waals surface area contributed by atoms with Gasteiger partial charge in [-0.25, -0.2) is 0 Å². The molecule has 0 saturated carbocycles. The summed E-state index contributed by atoms with van der Waals surface area (Å²) in [5, 5.41) is 12.8. The van der Waals surface area contributed by atoms with Gasteiger partial charge in [0.05, 0.1) is 4.47 Å². The summed E-state index contributed by atoms with van der Waals surface area (Å²) in [7, 11) is 0. The van der Waals surface area contributed by atoms with Crippen molar-refractivity contribution in [2.75, 3.05) is 19.7 Å². The minimum absolute atomic E-state index is 0.289. The van der Waals surface area contributed by atoms with Gasteiger partial charge in [0, 0.05) is 11.0 Å². The van der Waals surface area contributed by atoms with E-state index in [4.69, 9.17) is 4.74 Å². The SMILES string of the molecule is CCCNCC(O)COc1ccc(Br)cc1Br. The fraction of sp³-hybridized carbons (Fsp3) is 0.500. The van der Waals surface area contributed by atoms with Gasteiger partial charge >= 0.3 is 0 Å². The van der Waals surface area contributed by atoms with Crippen molar-refractivity contribution in [3.63, 3.8) is 0 Å². The minimum Gasteiger partial charge on any atom is -0.490 e. The fourth-order valence-corrected chi connectivity index (χ4v) is 2.44. The number of ether oxygens (including phenoxy) is 1. The van der Waals surface area contributed by atoms with Crippen LogP contribution in [0.1, 0.15) is 13.3 Å². The number of aliphatic hydroxyl groups excluding tert-OH is 1.